The molecule has 0 aliphatic heterocycles. The topological polar surface area (TPSA) is 55.4 Å². The number of nitrogens with one attached hydrogen (secondary N) is 1. The van der Waals surface area contributed by atoms with Gasteiger partial charge in [0.2, 0.25) is 0 Å². The van der Waals surface area contributed by atoms with Gasteiger partial charge in [-0.3, -0.25) is 9.59 Å². The minimum Gasteiger partial charge on any atom is -0.468 e. The smallest absolute Gasteiger partial charge is 0.323 e. The Morgan fingerprint density at radius 2 is 1.91 bits per heavy atom. The molecule has 22 heavy (non-hydrogen) atoms. The van der Waals surface area contributed by atoms with Crippen LogP contribution >= 0.6 is 21.6 Å². The van der Waals surface area contributed by atoms with Crippen LogP contribution in [0.1, 0.15) is 46.5 Å². The summed E-state index contributed by atoms with van der Waals surface area (Å²) in [5.74, 6) is 2.42. The number of methoxy groups -OCH3 is 1. The zero-order valence-corrected chi connectivity index (χ0v) is 15.7. The van der Waals surface area contributed by atoms with Crippen LogP contribution in [0.3, 0.4) is 0 Å². The third-order valence-corrected chi connectivity index (χ3v) is 6.90. The van der Waals surface area contributed by atoms with E-state index in [1.807, 2.05) is 6.92 Å². The zero-order valence-electron chi connectivity index (χ0n) is 14.1. The summed E-state index contributed by atoms with van der Waals surface area (Å²) in [7, 11) is 4.78. The Morgan fingerprint density at radius 1 is 1.23 bits per heavy atom. The number of ether oxygens (including phenoxy) is 1. The molecular formula is C16H29NO3S2. The van der Waals surface area contributed by atoms with E-state index in [-0.39, 0.29) is 17.9 Å². The fraction of sp³-hybridized carbons (Fsp3) is 0.875. The molecule has 2 unspecified atom stereocenters. The van der Waals surface area contributed by atoms with Crippen molar-refractivity contribution in [2.24, 2.45) is 11.8 Å². The Labute approximate surface area is 142 Å². The van der Waals surface area contributed by atoms with Gasteiger partial charge in [-0.05, 0) is 25.2 Å². The van der Waals surface area contributed by atoms with Gasteiger partial charge in [0.25, 0.3) is 0 Å². The van der Waals surface area contributed by atoms with Gasteiger partial charge >= 0.3 is 5.97 Å². The fourth-order valence-corrected chi connectivity index (χ4v) is 5.10. The standard InChI is InChI=1S/C16H29NO3S2/c1-5-12(15(18)6-2)9-21-22-10-14(16(19)20-4)17-13-8-7-11(13)3/h11-14,17H,5-10H2,1-4H3/t11?,12-,13?,14+/m0/s1. The van der Waals surface area contributed by atoms with Gasteiger partial charge in [0.05, 0.1) is 7.11 Å². The Balaban J connectivity index is 2.33. The molecule has 0 saturated heterocycles. The maximum absolute atomic E-state index is 11.9. The largest absolute Gasteiger partial charge is 0.468 e. The van der Waals surface area contributed by atoms with Gasteiger partial charge in [-0.25, -0.2) is 0 Å². The fourth-order valence-electron chi connectivity index (χ4n) is 2.47. The van der Waals surface area contributed by atoms with Crippen LogP contribution in [0.25, 0.3) is 0 Å². The predicted molar refractivity (Wildman–Crippen MR) is 95.1 cm³/mol. The average Bonchev–Trinajstić information content (AvgIpc) is 2.54. The van der Waals surface area contributed by atoms with Gasteiger partial charge in [-0.15, -0.1) is 0 Å². The Bertz CT molecular complexity index is 365. The molecule has 0 spiro atoms. The van der Waals surface area contributed by atoms with Gasteiger partial charge in [0, 0.05) is 29.9 Å². The second-order valence-corrected chi connectivity index (χ2v) is 8.45. The van der Waals surface area contributed by atoms with Crippen LogP contribution in [0.2, 0.25) is 0 Å². The van der Waals surface area contributed by atoms with Crippen molar-refractivity contribution in [2.75, 3.05) is 18.6 Å². The molecule has 1 rings (SSSR count). The summed E-state index contributed by atoms with van der Waals surface area (Å²) in [6, 6.07) is 0.178. The third kappa shape index (κ3) is 6.13. The third-order valence-electron chi connectivity index (χ3n) is 4.40. The van der Waals surface area contributed by atoms with E-state index in [0.29, 0.717) is 29.9 Å². The number of rotatable bonds is 11. The van der Waals surface area contributed by atoms with Crippen molar-refractivity contribution in [3.8, 4) is 0 Å². The van der Waals surface area contributed by atoms with E-state index < -0.39 is 0 Å². The first-order valence-electron chi connectivity index (χ1n) is 8.14. The average molecular weight is 348 g/mol. The Hall–Kier alpha value is -0.200. The van der Waals surface area contributed by atoms with Crippen LogP contribution in [0.15, 0.2) is 0 Å². The molecule has 1 aliphatic carbocycles. The lowest BCUT2D eigenvalue weighted by atomic mass is 9.81. The lowest BCUT2D eigenvalue weighted by molar-refractivity contribution is -0.143. The molecule has 0 aromatic rings. The SMILES string of the molecule is CCC(=O)[C@@H](CC)CSSC[C@@H](NC1CCC1C)C(=O)OC. The summed E-state index contributed by atoms with van der Waals surface area (Å²) in [6.07, 6.45) is 3.86. The van der Waals surface area contributed by atoms with Crippen LogP contribution in [-0.4, -0.2) is 42.5 Å². The molecular weight excluding hydrogens is 318 g/mol. The molecule has 6 heteroatoms. The first kappa shape index (κ1) is 19.8. The first-order valence-corrected chi connectivity index (χ1v) is 10.6. The molecule has 4 nitrogen and oxygen atoms in total. The Morgan fingerprint density at radius 3 is 2.36 bits per heavy atom. The predicted octanol–water partition coefficient (Wildman–Crippen LogP) is 3.30. The normalized spacial score (nSPS) is 23.5. The second kappa shape index (κ2) is 10.6. The van der Waals surface area contributed by atoms with E-state index >= 15 is 0 Å². The van der Waals surface area contributed by atoms with E-state index in [2.05, 4.69) is 19.2 Å². The summed E-state index contributed by atoms with van der Waals surface area (Å²) in [6.45, 7) is 6.18. The summed E-state index contributed by atoms with van der Waals surface area (Å²) < 4.78 is 4.89. The van der Waals surface area contributed by atoms with Gasteiger partial charge < -0.3 is 10.1 Å². The van der Waals surface area contributed by atoms with E-state index in [0.717, 1.165) is 18.6 Å². The number of carbonyl (C=O) groups excluding carboxylic acids is 2. The highest BCUT2D eigenvalue weighted by Gasteiger charge is 2.31. The monoisotopic (exact) mass is 347 g/mol. The summed E-state index contributed by atoms with van der Waals surface area (Å²) in [4.78, 5) is 23.6. The highest BCUT2D eigenvalue weighted by atomic mass is 33.1. The van der Waals surface area contributed by atoms with Crippen LogP contribution in [-0.2, 0) is 14.3 Å². The highest BCUT2D eigenvalue weighted by molar-refractivity contribution is 8.76. The quantitative estimate of drug-likeness (QED) is 0.352. The molecule has 1 saturated carbocycles. The number of carbonyl (C=O) groups is 2. The first-order chi connectivity index (χ1) is 10.5. The van der Waals surface area contributed by atoms with Gasteiger partial charge in [-0.2, -0.15) is 0 Å². The van der Waals surface area contributed by atoms with Crippen molar-refractivity contribution in [2.45, 2.75) is 58.5 Å². The summed E-state index contributed by atoms with van der Waals surface area (Å²) in [5.41, 5.74) is 0. The van der Waals surface area contributed by atoms with Crippen molar-refractivity contribution < 1.29 is 14.3 Å². The van der Waals surface area contributed by atoms with Gasteiger partial charge in [0.1, 0.15) is 11.8 Å². The maximum atomic E-state index is 11.9. The molecule has 1 aliphatic rings. The molecule has 0 aromatic heterocycles. The highest BCUT2D eigenvalue weighted by Crippen LogP contribution is 2.30. The molecule has 128 valence electrons. The minimum atomic E-state index is -0.253. The van der Waals surface area contributed by atoms with Gasteiger partial charge in [0.15, 0.2) is 0 Å². The van der Waals surface area contributed by atoms with Crippen molar-refractivity contribution in [1.82, 2.24) is 5.32 Å². The Kier molecular flexibility index (Phi) is 9.52. The molecule has 1 fully saturated rings. The van der Waals surface area contributed by atoms with E-state index in [1.165, 1.54) is 13.5 Å². The number of ketones is 1. The minimum absolute atomic E-state index is 0.138. The van der Waals surface area contributed by atoms with Crippen molar-refractivity contribution in [3.05, 3.63) is 0 Å². The van der Waals surface area contributed by atoms with Crippen LogP contribution in [0.4, 0.5) is 0 Å². The second-order valence-electron chi connectivity index (χ2n) is 5.90. The zero-order chi connectivity index (χ0) is 16.5. The molecule has 0 aromatic carbocycles. The number of hydrogen-bond donors (Lipinski definition) is 1. The van der Waals surface area contributed by atoms with E-state index in [9.17, 15) is 9.59 Å². The summed E-state index contributed by atoms with van der Waals surface area (Å²) in [5, 5.41) is 3.41. The maximum Gasteiger partial charge on any atom is 0.323 e. The van der Waals surface area contributed by atoms with Gasteiger partial charge in [-0.1, -0.05) is 42.4 Å². The molecule has 0 amide bonds. The number of esters is 1. The van der Waals surface area contributed by atoms with Crippen molar-refractivity contribution in [1.29, 1.82) is 0 Å². The summed E-state index contributed by atoms with van der Waals surface area (Å²) >= 11 is 0. The van der Waals surface area contributed by atoms with Crippen molar-refractivity contribution >= 4 is 33.3 Å². The van der Waals surface area contributed by atoms with E-state index in [4.69, 9.17) is 4.74 Å². The lowest BCUT2D eigenvalue weighted by Gasteiger charge is -2.36. The lowest BCUT2D eigenvalue weighted by Crippen LogP contribution is -2.51. The molecule has 4 atom stereocenters. The molecule has 0 heterocycles. The van der Waals surface area contributed by atoms with Crippen LogP contribution < -0.4 is 5.32 Å². The molecule has 1 N–H and O–H groups in total. The number of hydrogen-bond acceptors (Lipinski definition) is 6. The molecule has 0 bridgehead atoms. The van der Waals surface area contributed by atoms with Crippen molar-refractivity contribution in [3.63, 3.8) is 0 Å². The van der Waals surface area contributed by atoms with E-state index in [1.54, 1.807) is 21.6 Å². The van der Waals surface area contributed by atoms with Crippen LogP contribution in [0.5, 0.6) is 0 Å². The number of Topliss-reactive ketones (excluding diaryl/α,β-unsaturated/α-hetero) is 1. The van der Waals surface area contributed by atoms with Crippen LogP contribution in [0, 0.1) is 11.8 Å². The molecule has 0 radical (unpaired) electrons.